The Morgan fingerprint density at radius 3 is 2.52 bits per heavy atom. The summed E-state index contributed by atoms with van der Waals surface area (Å²) in [5.41, 5.74) is 1.43. The van der Waals surface area contributed by atoms with Crippen molar-refractivity contribution in [2.45, 2.75) is 79.1 Å². The normalized spacial score (nSPS) is 16.2. The Bertz CT molecular complexity index is 452. The number of rotatable bonds is 7. The van der Waals surface area contributed by atoms with E-state index in [1.54, 1.807) is 0 Å². The van der Waals surface area contributed by atoms with Gasteiger partial charge >= 0.3 is 0 Å². The lowest BCUT2D eigenvalue weighted by Crippen LogP contribution is -2.35. The molecule has 1 heterocycles. The van der Waals surface area contributed by atoms with Gasteiger partial charge in [-0.15, -0.1) is 0 Å². The van der Waals surface area contributed by atoms with Crippen LogP contribution in [-0.2, 0) is 13.1 Å². The molecule has 0 bridgehead atoms. The highest BCUT2D eigenvalue weighted by atomic mass is 16.3. The van der Waals surface area contributed by atoms with E-state index in [1.807, 2.05) is 0 Å². The Labute approximate surface area is 130 Å². The molecule has 1 N–H and O–H groups in total. The summed E-state index contributed by atoms with van der Waals surface area (Å²) in [5.74, 6) is 2.89. The van der Waals surface area contributed by atoms with Crippen molar-refractivity contribution in [2.75, 3.05) is 6.54 Å². The Kier molecular flexibility index (Phi) is 5.15. The number of hydrogen-bond donors (Lipinski definition) is 1. The smallest absolute Gasteiger partial charge is 0.118 e. The Morgan fingerprint density at radius 1 is 1.33 bits per heavy atom. The van der Waals surface area contributed by atoms with E-state index in [-0.39, 0.29) is 5.54 Å². The highest BCUT2D eigenvalue weighted by Gasteiger charge is 2.30. The molecule has 0 aromatic carbocycles. The van der Waals surface area contributed by atoms with Gasteiger partial charge in [0.1, 0.15) is 11.5 Å². The van der Waals surface area contributed by atoms with E-state index in [0.717, 1.165) is 30.7 Å². The van der Waals surface area contributed by atoms with Crippen LogP contribution in [0.4, 0.5) is 0 Å². The summed E-state index contributed by atoms with van der Waals surface area (Å²) in [6.07, 6.45) is 2.70. The molecule has 3 heteroatoms. The quantitative estimate of drug-likeness (QED) is 0.820. The average molecular weight is 292 g/mol. The molecule has 0 spiro atoms. The first-order chi connectivity index (χ1) is 9.74. The van der Waals surface area contributed by atoms with Crippen LogP contribution in [-0.4, -0.2) is 23.0 Å². The lowest BCUT2D eigenvalue weighted by atomic mass is 10.1. The van der Waals surface area contributed by atoms with Crippen LogP contribution >= 0.6 is 0 Å². The zero-order valence-electron chi connectivity index (χ0n) is 14.6. The second-order valence-electron chi connectivity index (χ2n) is 7.95. The fourth-order valence-corrected chi connectivity index (χ4v) is 2.65. The van der Waals surface area contributed by atoms with Crippen molar-refractivity contribution >= 4 is 0 Å². The summed E-state index contributed by atoms with van der Waals surface area (Å²) in [6.45, 7) is 16.3. The van der Waals surface area contributed by atoms with Crippen LogP contribution in [0.5, 0.6) is 0 Å². The van der Waals surface area contributed by atoms with E-state index in [0.29, 0.717) is 5.92 Å². The van der Waals surface area contributed by atoms with Crippen molar-refractivity contribution in [3.8, 4) is 0 Å². The van der Waals surface area contributed by atoms with Crippen LogP contribution in [0.25, 0.3) is 0 Å². The number of nitrogens with one attached hydrogen (secondary N) is 1. The van der Waals surface area contributed by atoms with E-state index in [1.165, 1.54) is 24.9 Å². The molecular weight excluding hydrogens is 260 g/mol. The van der Waals surface area contributed by atoms with Gasteiger partial charge in [-0.1, -0.05) is 13.8 Å². The number of furan rings is 1. The van der Waals surface area contributed by atoms with Crippen molar-refractivity contribution < 1.29 is 4.42 Å². The Morgan fingerprint density at radius 2 is 2.00 bits per heavy atom. The van der Waals surface area contributed by atoms with E-state index in [9.17, 15) is 0 Å². The molecule has 21 heavy (non-hydrogen) atoms. The van der Waals surface area contributed by atoms with Gasteiger partial charge < -0.3 is 9.73 Å². The standard InChI is InChI=1S/C18H32N2O/c1-13(2)11-20(16-7-8-16)12-17-9-15(14(3)21-17)10-19-18(4,5)6/h9,13,16,19H,7-8,10-12H2,1-6H3. The summed E-state index contributed by atoms with van der Waals surface area (Å²) in [7, 11) is 0. The third-order valence-corrected chi connectivity index (χ3v) is 3.90. The maximum absolute atomic E-state index is 5.99. The first kappa shape index (κ1) is 16.6. The van der Waals surface area contributed by atoms with Crippen LogP contribution in [0.2, 0.25) is 0 Å². The maximum Gasteiger partial charge on any atom is 0.118 e. The van der Waals surface area contributed by atoms with Gasteiger partial charge in [-0.3, -0.25) is 4.90 Å². The molecule has 120 valence electrons. The molecule has 0 unspecified atom stereocenters. The topological polar surface area (TPSA) is 28.4 Å². The molecule has 1 aromatic heterocycles. The third-order valence-electron chi connectivity index (χ3n) is 3.90. The number of aryl methyl sites for hydroxylation is 1. The predicted molar refractivity (Wildman–Crippen MR) is 88.3 cm³/mol. The van der Waals surface area contributed by atoms with Crippen LogP contribution in [0.1, 0.15) is 64.5 Å². The SMILES string of the molecule is Cc1oc(CN(CC(C)C)C2CC2)cc1CNC(C)(C)C. The van der Waals surface area contributed by atoms with Crippen LogP contribution in [0.15, 0.2) is 10.5 Å². The summed E-state index contributed by atoms with van der Waals surface area (Å²) in [4.78, 5) is 2.59. The van der Waals surface area contributed by atoms with E-state index >= 15 is 0 Å². The average Bonchev–Trinajstić information content (AvgIpc) is 3.10. The first-order valence-corrected chi connectivity index (χ1v) is 8.32. The fourth-order valence-electron chi connectivity index (χ4n) is 2.65. The van der Waals surface area contributed by atoms with Gasteiger partial charge in [0.05, 0.1) is 6.54 Å². The molecule has 3 nitrogen and oxygen atoms in total. The van der Waals surface area contributed by atoms with E-state index in [2.05, 4.69) is 57.8 Å². The molecule has 0 atom stereocenters. The second-order valence-corrected chi connectivity index (χ2v) is 7.95. The molecule has 1 fully saturated rings. The van der Waals surface area contributed by atoms with Gasteiger partial charge in [-0.25, -0.2) is 0 Å². The zero-order chi connectivity index (χ0) is 15.6. The first-order valence-electron chi connectivity index (χ1n) is 8.32. The molecule has 0 amide bonds. The lowest BCUT2D eigenvalue weighted by molar-refractivity contribution is 0.208. The minimum absolute atomic E-state index is 0.140. The summed E-state index contributed by atoms with van der Waals surface area (Å²) in [5, 5.41) is 3.54. The van der Waals surface area contributed by atoms with Gasteiger partial charge in [0, 0.05) is 30.2 Å². The molecule has 0 saturated heterocycles. The summed E-state index contributed by atoms with van der Waals surface area (Å²) >= 11 is 0. The molecule has 1 aromatic rings. The highest BCUT2D eigenvalue weighted by molar-refractivity contribution is 5.21. The van der Waals surface area contributed by atoms with Crippen LogP contribution in [0.3, 0.4) is 0 Å². The molecule has 0 aliphatic heterocycles. The van der Waals surface area contributed by atoms with Crippen molar-refractivity contribution in [1.29, 1.82) is 0 Å². The third kappa shape index (κ3) is 5.48. The molecular formula is C18H32N2O. The van der Waals surface area contributed by atoms with Crippen LogP contribution in [0, 0.1) is 12.8 Å². The van der Waals surface area contributed by atoms with Crippen molar-refractivity contribution in [1.82, 2.24) is 10.2 Å². The molecule has 1 saturated carbocycles. The molecule has 1 aliphatic carbocycles. The van der Waals surface area contributed by atoms with Crippen LogP contribution < -0.4 is 5.32 Å². The number of hydrogen-bond acceptors (Lipinski definition) is 3. The summed E-state index contributed by atoms with van der Waals surface area (Å²) < 4.78 is 5.99. The van der Waals surface area contributed by atoms with Gasteiger partial charge in [0.25, 0.3) is 0 Å². The largest absolute Gasteiger partial charge is 0.465 e. The van der Waals surface area contributed by atoms with Gasteiger partial charge in [0.15, 0.2) is 0 Å². The lowest BCUT2D eigenvalue weighted by Gasteiger charge is -2.22. The zero-order valence-corrected chi connectivity index (χ0v) is 14.6. The second kappa shape index (κ2) is 6.53. The fraction of sp³-hybridized carbons (Fsp3) is 0.778. The minimum atomic E-state index is 0.140. The highest BCUT2D eigenvalue weighted by Crippen LogP contribution is 2.29. The van der Waals surface area contributed by atoms with E-state index < -0.39 is 0 Å². The Balaban J connectivity index is 1.97. The van der Waals surface area contributed by atoms with E-state index in [4.69, 9.17) is 4.42 Å². The van der Waals surface area contributed by atoms with Crippen molar-refractivity contribution in [2.24, 2.45) is 5.92 Å². The van der Waals surface area contributed by atoms with Crippen molar-refractivity contribution in [3.05, 3.63) is 23.2 Å². The van der Waals surface area contributed by atoms with Gasteiger partial charge in [-0.2, -0.15) is 0 Å². The maximum atomic E-state index is 5.99. The molecule has 1 aliphatic rings. The minimum Gasteiger partial charge on any atom is -0.465 e. The van der Waals surface area contributed by atoms with Crippen molar-refractivity contribution in [3.63, 3.8) is 0 Å². The summed E-state index contributed by atoms with van der Waals surface area (Å²) in [6, 6.07) is 3.03. The van der Waals surface area contributed by atoms with Gasteiger partial charge in [0.2, 0.25) is 0 Å². The molecule has 0 radical (unpaired) electrons. The number of nitrogens with zero attached hydrogens (tertiary/aromatic N) is 1. The monoisotopic (exact) mass is 292 g/mol. The molecule has 2 rings (SSSR count). The Hall–Kier alpha value is -0.800. The van der Waals surface area contributed by atoms with Gasteiger partial charge in [-0.05, 0) is 52.5 Å². The predicted octanol–water partition coefficient (Wildman–Crippen LogP) is 4.10.